The zero-order valence-corrected chi connectivity index (χ0v) is 8.58. The topological polar surface area (TPSA) is 55.1 Å². The molecule has 14 heavy (non-hydrogen) atoms. The largest absolute Gasteiger partial charge is 0.350 e. The summed E-state index contributed by atoms with van der Waals surface area (Å²) in [4.78, 5) is 11.5. The summed E-state index contributed by atoms with van der Waals surface area (Å²) < 4.78 is 0. The van der Waals surface area contributed by atoms with Crippen LogP contribution < -0.4 is 11.1 Å². The van der Waals surface area contributed by atoms with Gasteiger partial charge in [-0.1, -0.05) is 17.7 Å². The maximum Gasteiger partial charge on any atom is 0.251 e. The first-order valence-corrected chi connectivity index (χ1v) is 4.70. The lowest BCUT2D eigenvalue weighted by Crippen LogP contribution is -2.35. The molecule has 0 aromatic heterocycles. The Hall–Kier alpha value is -1.35. The van der Waals surface area contributed by atoms with Gasteiger partial charge in [0.05, 0.1) is 0 Å². The number of carbonyl (C=O) groups excluding carboxylic acids is 1. The molecule has 3 nitrogen and oxygen atoms in total. The van der Waals surface area contributed by atoms with Crippen molar-refractivity contribution in [1.82, 2.24) is 5.32 Å². The van der Waals surface area contributed by atoms with Gasteiger partial charge in [0.15, 0.2) is 0 Å². The van der Waals surface area contributed by atoms with Crippen LogP contribution in [0, 0.1) is 6.92 Å². The fourth-order valence-electron chi connectivity index (χ4n) is 1.06. The third-order valence-electron chi connectivity index (χ3n) is 1.90. The average molecular weight is 192 g/mol. The normalized spacial score (nSPS) is 12.2. The lowest BCUT2D eigenvalue weighted by Gasteiger charge is -2.07. The minimum Gasteiger partial charge on any atom is -0.350 e. The first kappa shape index (κ1) is 10.7. The average Bonchev–Trinajstić information content (AvgIpc) is 2.15. The van der Waals surface area contributed by atoms with Crippen molar-refractivity contribution in [3.63, 3.8) is 0 Å². The third kappa shape index (κ3) is 3.18. The summed E-state index contributed by atoms with van der Waals surface area (Å²) in [5.41, 5.74) is 7.35. The van der Waals surface area contributed by atoms with Crippen molar-refractivity contribution in [2.24, 2.45) is 5.73 Å². The predicted molar refractivity (Wildman–Crippen MR) is 57.2 cm³/mol. The molecule has 1 rings (SSSR count). The van der Waals surface area contributed by atoms with Crippen molar-refractivity contribution in [3.8, 4) is 0 Å². The Morgan fingerprint density at radius 3 is 2.50 bits per heavy atom. The number of nitrogens with two attached hydrogens (primary N) is 1. The molecule has 1 aromatic carbocycles. The molecule has 1 aromatic rings. The predicted octanol–water partition coefficient (Wildman–Crippen LogP) is 1.07. The standard InChI is InChI=1S/C11H16N2O/c1-8-3-5-10(6-4-8)11(14)13-7-9(2)12/h3-6,9H,7,12H2,1-2H3,(H,13,14). The summed E-state index contributed by atoms with van der Waals surface area (Å²) in [6, 6.07) is 7.45. The van der Waals surface area contributed by atoms with Crippen LogP contribution in [0.4, 0.5) is 0 Å². The third-order valence-corrected chi connectivity index (χ3v) is 1.90. The zero-order valence-electron chi connectivity index (χ0n) is 8.58. The molecule has 3 N–H and O–H groups in total. The Kier molecular flexibility index (Phi) is 3.65. The van der Waals surface area contributed by atoms with Gasteiger partial charge in [-0.05, 0) is 26.0 Å². The maximum atomic E-state index is 11.5. The number of nitrogens with one attached hydrogen (secondary N) is 1. The van der Waals surface area contributed by atoms with Gasteiger partial charge in [0.25, 0.3) is 5.91 Å². The van der Waals surface area contributed by atoms with E-state index in [4.69, 9.17) is 5.73 Å². The molecule has 76 valence electrons. The van der Waals surface area contributed by atoms with Gasteiger partial charge in [0, 0.05) is 18.2 Å². The highest BCUT2D eigenvalue weighted by molar-refractivity contribution is 5.94. The van der Waals surface area contributed by atoms with Crippen molar-refractivity contribution < 1.29 is 4.79 Å². The van der Waals surface area contributed by atoms with E-state index in [0.717, 1.165) is 5.56 Å². The number of hydrogen-bond donors (Lipinski definition) is 2. The number of hydrogen-bond acceptors (Lipinski definition) is 2. The van der Waals surface area contributed by atoms with Crippen LogP contribution in [0.1, 0.15) is 22.8 Å². The highest BCUT2D eigenvalue weighted by atomic mass is 16.1. The van der Waals surface area contributed by atoms with Crippen LogP contribution in [0.15, 0.2) is 24.3 Å². The second kappa shape index (κ2) is 4.77. The highest BCUT2D eigenvalue weighted by Gasteiger charge is 2.04. The first-order chi connectivity index (χ1) is 6.59. The minimum atomic E-state index is -0.0673. The van der Waals surface area contributed by atoms with Gasteiger partial charge in [-0.2, -0.15) is 0 Å². The van der Waals surface area contributed by atoms with Crippen LogP contribution >= 0.6 is 0 Å². The van der Waals surface area contributed by atoms with E-state index >= 15 is 0 Å². The molecule has 0 aliphatic carbocycles. The van der Waals surface area contributed by atoms with Crippen LogP contribution in [0.25, 0.3) is 0 Å². The molecule has 0 saturated carbocycles. The molecule has 0 radical (unpaired) electrons. The van der Waals surface area contributed by atoms with Crippen LogP contribution in [-0.4, -0.2) is 18.5 Å². The smallest absolute Gasteiger partial charge is 0.251 e. The molecule has 0 heterocycles. The summed E-state index contributed by atoms with van der Waals surface area (Å²) in [6.07, 6.45) is 0. The van der Waals surface area contributed by atoms with Gasteiger partial charge in [0.1, 0.15) is 0 Å². The van der Waals surface area contributed by atoms with E-state index in [2.05, 4.69) is 5.32 Å². The molecule has 1 unspecified atom stereocenters. The van der Waals surface area contributed by atoms with Crippen LogP contribution in [0.3, 0.4) is 0 Å². The van der Waals surface area contributed by atoms with Gasteiger partial charge in [-0.3, -0.25) is 4.79 Å². The number of aryl methyl sites for hydroxylation is 1. The Morgan fingerprint density at radius 1 is 1.43 bits per heavy atom. The van der Waals surface area contributed by atoms with E-state index in [-0.39, 0.29) is 11.9 Å². The summed E-state index contributed by atoms with van der Waals surface area (Å²) >= 11 is 0. The summed E-state index contributed by atoms with van der Waals surface area (Å²) in [6.45, 7) is 4.35. The summed E-state index contributed by atoms with van der Waals surface area (Å²) in [5, 5.41) is 2.75. The van der Waals surface area contributed by atoms with E-state index in [1.165, 1.54) is 0 Å². The van der Waals surface area contributed by atoms with Gasteiger partial charge in [-0.25, -0.2) is 0 Å². The molecule has 3 heteroatoms. The Morgan fingerprint density at radius 2 is 2.00 bits per heavy atom. The van der Waals surface area contributed by atoms with Crippen LogP contribution in [0.5, 0.6) is 0 Å². The monoisotopic (exact) mass is 192 g/mol. The molecule has 1 atom stereocenters. The van der Waals surface area contributed by atoms with E-state index in [1.807, 2.05) is 38.1 Å². The van der Waals surface area contributed by atoms with Crippen LogP contribution in [-0.2, 0) is 0 Å². The van der Waals surface area contributed by atoms with E-state index in [9.17, 15) is 4.79 Å². The highest BCUT2D eigenvalue weighted by Crippen LogP contribution is 2.02. The van der Waals surface area contributed by atoms with Gasteiger partial charge in [-0.15, -0.1) is 0 Å². The molecular formula is C11H16N2O. The second-order valence-corrected chi connectivity index (χ2v) is 3.55. The Bertz CT molecular complexity index is 304. The molecule has 0 bridgehead atoms. The van der Waals surface area contributed by atoms with Gasteiger partial charge < -0.3 is 11.1 Å². The van der Waals surface area contributed by atoms with Crippen molar-refractivity contribution >= 4 is 5.91 Å². The summed E-state index contributed by atoms with van der Waals surface area (Å²) in [5.74, 6) is -0.0673. The fourth-order valence-corrected chi connectivity index (χ4v) is 1.06. The van der Waals surface area contributed by atoms with Crippen molar-refractivity contribution in [1.29, 1.82) is 0 Å². The van der Waals surface area contributed by atoms with Crippen molar-refractivity contribution in [2.75, 3.05) is 6.54 Å². The molecule has 1 amide bonds. The van der Waals surface area contributed by atoms with Crippen LogP contribution in [0.2, 0.25) is 0 Å². The molecule has 0 aliphatic rings. The van der Waals surface area contributed by atoms with E-state index in [0.29, 0.717) is 12.1 Å². The molecule has 0 spiro atoms. The van der Waals surface area contributed by atoms with Crippen molar-refractivity contribution in [3.05, 3.63) is 35.4 Å². The van der Waals surface area contributed by atoms with Gasteiger partial charge >= 0.3 is 0 Å². The summed E-state index contributed by atoms with van der Waals surface area (Å²) in [7, 11) is 0. The lowest BCUT2D eigenvalue weighted by molar-refractivity contribution is 0.0951. The lowest BCUT2D eigenvalue weighted by atomic mass is 10.1. The zero-order chi connectivity index (χ0) is 10.6. The molecule has 0 fully saturated rings. The fraction of sp³-hybridized carbons (Fsp3) is 0.364. The number of carbonyl (C=O) groups is 1. The number of benzene rings is 1. The molecular weight excluding hydrogens is 176 g/mol. The molecule has 0 aliphatic heterocycles. The van der Waals surface area contributed by atoms with E-state index < -0.39 is 0 Å². The maximum absolute atomic E-state index is 11.5. The second-order valence-electron chi connectivity index (χ2n) is 3.55. The SMILES string of the molecule is Cc1ccc(C(=O)NCC(C)N)cc1. The quantitative estimate of drug-likeness (QED) is 0.752. The molecule has 0 saturated heterocycles. The Balaban J connectivity index is 2.57. The number of rotatable bonds is 3. The van der Waals surface area contributed by atoms with E-state index in [1.54, 1.807) is 0 Å². The minimum absolute atomic E-state index is 0.00982. The van der Waals surface area contributed by atoms with Crippen molar-refractivity contribution in [2.45, 2.75) is 19.9 Å². The first-order valence-electron chi connectivity index (χ1n) is 4.70. The Labute approximate surface area is 84.3 Å². The number of amides is 1. The van der Waals surface area contributed by atoms with Gasteiger partial charge in [0.2, 0.25) is 0 Å².